The van der Waals surface area contributed by atoms with Gasteiger partial charge in [-0.3, -0.25) is 10.1 Å². The number of nitrogen functional groups attached to an aromatic ring is 1. The molecule has 3 aromatic rings. The molecule has 0 aliphatic rings. The van der Waals surface area contributed by atoms with Crippen molar-refractivity contribution in [2.75, 3.05) is 5.73 Å². The second-order valence-corrected chi connectivity index (χ2v) is 5.01. The average Bonchev–Trinajstić information content (AvgIpc) is 2.81. The lowest BCUT2D eigenvalue weighted by Crippen LogP contribution is -1.90. The molecule has 0 spiro atoms. The van der Waals surface area contributed by atoms with Gasteiger partial charge in [0.2, 0.25) is 0 Å². The van der Waals surface area contributed by atoms with Crippen molar-refractivity contribution in [3.8, 4) is 22.4 Å². The Hall–Kier alpha value is -2.04. The van der Waals surface area contributed by atoms with Gasteiger partial charge < -0.3 is 5.73 Å². The Morgan fingerprint density at radius 3 is 2.25 bits per heavy atom. The van der Waals surface area contributed by atoms with Crippen LogP contribution in [0.2, 0.25) is 10.0 Å². The van der Waals surface area contributed by atoms with Crippen molar-refractivity contribution in [2.45, 2.75) is 0 Å². The lowest BCUT2D eigenvalue weighted by atomic mass is 10.0. The summed E-state index contributed by atoms with van der Waals surface area (Å²) in [6.07, 6.45) is 3.39. The summed E-state index contributed by atoms with van der Waals surface area (Å²) < 4.78 is 0. The monoisotopic (exact) mass is 304 g/mol. The van der Waals surface area contributed by atoms with Gasteiger partial charge in [-0.25, -0.2) is 0 Å². The van der Waals surface area contributed by atoms with Gasteiger partial charge in [-0.05, 0) is 29.8 Å². The van der Waals surface area contributed by atoms with Crippen LogP contribution in [0.1, 0.15) is 0 Å². The molecule has 0 amide bonds. The van der Waals surface area contributed by atoms with Crippen LogP contribution in [-0.2, 0) is 0 Å². The van der Waals surface area contributed by atoms with E-state index in [1.54, 1.807) is 30.6 Å². The molecule has 0 fully saturated rings. The number of anilines is 1. The standard InChI is InChI=1S/C14H10Cl2N4/c15-9-2-1-3-10(16)12(9)13-11(14(17)20-19-13)8-4-6-18-7-5-8/h1-7H,(H3,17,19,20). The number of hydrogen-bond donors (Lipinski definition) is 2. The fourth-order valence-electron chi connectivity index (χ4n) is 2.08. The molecule has 0 aliphatic heterocycles. The van der Waals surface area contributed by atoms with E-state index in [-0.39, 0.29) is 0 Å². The minimum absolute atomic E-state index is 0.391. The summed E-state index contributed by atoms with van der Waals surface area (Å²) in [5, 5.41) is 8.05. The van der Waals surface area contributed by atoms with Crippen LogP contribution in [-0.4, -0.2) is 15.2 Å². The zero-order valence-corrected chi connectivity index (χ0v) is 11.8. The predicted octanol–water partition coefficient (Wildman–Crippen LogP) is 4.03. The van der Waals surface area contributed by atoms with E-state index in [0.29, 0.717) is 27.1 Å². The predicted molar refractivity (Wildman–Crippen MR) is 81.7 cm³/mol. The van der Waals surface area contributed by atoms with Gasteiger partial charge in [-0.15, -0.1) is 0 Å². The number of aromatic nitrogens is 3. The maximum atomic E-state index is 6.25. The molecule has 0 saturated carbocycles. The van der Waals surface area contributed by atoms with E-state index in [0.717, 1.165) is 11.1 Å². The number of nitrogens with two attached hydrogens (primary N) is 1. The number of benzene rings is 1. The minimum atomic E-state index is 0.391. The highest BCUT2D eigenvalue weighted by molar-refractivity contribution is 6.39. The molecule has 0 radical (unpaired) electrons. The highest BCUT2D eigenvalue weighted by Gasteiger charge is 2.18. The van der Waals surface area contributed by atoms with Crippen LogP contribution in [0.5, 0.6) is 0 Å². The second-order valence-electron chi connectivity index (χ2n) is 4.19. The van der Waals surface area contributed by atoms with Gasteiger partial charge in [-0.2, -0.15) is 5.10 Å². The van der Waals surface area contributed by atoms with E-state index in [1.807, 2.05) is 12.1 Å². The van der Waals surface area contributed by atoms with Crippen LogP contribution in [0, 0.1) is 0 Å². The Balaban J connectivity index is 2.27. The van der Waals surface area contributed by atoms with Gasteiger partial charge in [0.1, 0.15) is 0 Å². The number of H-pyrrole nitrogens is 1. The summed E-state index contributed by atoms with van der Waals surface area (Å²) in [4.78, 5) is 4.00. The van der Waals surface area contributed by atoms with Crippen LogP contribution < -0.4 is 5.73 Å². The van der Waals surface area contributed by atoms with Crippen molar-refractivity contribution in [2.24, 2.45) is 0 Å². The molecule has 0 saturated heterocycles. The summed E-state index contributed by atoms with van der Waals surface area (Å²) in [6, 6.07) is 9.05. The van der Waals surface area contributed by atoms with E-state index >= 15 is 0 Å². The summed E-state index contributed by atoms with van der Waals surface area (Å²) in [5.41, 5.74) is 9.01. The third-order valence-electron chi connectivity index (χ3n) is 2.98. The molecule has 2 aromatic heterocycles. The first-order valence-electron chi connectivity index (χ1n) is 5.87. The lowest BCUT2D eigenvalue weighted by molar-refractivity contribution is 1.10. The van der Waals surface area contributed by atoms with Gasteiger partial charge in [0.15, 0.2) is 5.82 Å². The topological polar surface area (TPSA) is 67.6 Å². The van der Waals surface area contributed by atoms with Crippen LogP contribution in [0.25, 0.3) is 22.4 Å². The van der Waals surface area contributed by atoms with Crippen molar-refractivity contribution in [3.63, 3.8) is 0 Å². The lowest BCUT2D eigenvalue weighted by Gasteiger charge is -2.08. The number of nitrogens with zero attached hydrogens (tertiary/aromatic N) is 2. The van der Waals surface area contributed by atoms with Crippen LogP contribution in [0.3, 0.4) is 0 Å². The molecule has 0 aliphatic carbocycles. The van der Waals surface area contributed by atoms with Crippen LogP contribution >= 0.6 is 23.2 Å². The van der Waals surface area contributed by atoms with Crippen LogP contribution in [0.15, 0.2) is 42.7 Å². The highest BCUT2D eigenvalue weighted by atomic mass is 35.5. The fraction of sp³-hybridized carbons (Fsp3) is 0. The fourth-order valence-corrected chi connectivity index (χ4v) is 2.67. The maximum absolute atomic E-state index is 6.25. The summed E-state index contributed by atoms with van der Waals surface area (Å²) in [5.74, 6) is 0.391. The molecule has 2 heterocycles. The minimum Gasteiger partial charge on any atom is -0.382 e. The summed E-state index contributed by atoms with van der Waals surface area (Å²) >= 11 is 12.5. The molecule has 4 nitrogen and oxygen atoms in total. The van der Waals surface area contributed by atoms with Crippen molar-refractivity contribution < 1.29 is 0 Å². The molecular formula is C14H10Cl2N4. The van der Waals surface area contributed by atoms with E-state index in [1.165, 1.54) is 0 Å². The Labute approximate surface area is 125 Å². The molecule has 1 aromatic carbocycles. The molecular weight excluding hydrogens is 295 g/mol. The summed E-state index contributed by atoms with van der Waals surface area (Å²) in [6.45, 7) is 0. The number of halogens is 2. The zero-order valence-electron chi connectivity index (χ0n) is 10.3. The highest BCUT2D eigenvalue weighted by Crippen LogP contribution is 2.40. The second kappa shape index (κ2) is 5.15. The number of pyridine rings is 1. The van der Waals surface area contributed by atoms with Crippen LogP contribution in [0.4, 0.5) is 5.82 Å². The SMILES string of the molecule is Nc1n[nH]c(-c2c(Cl)cccc2Cl)c1-c1ccncc1. The normalized spacial score (nSPS) is 10.7. The molecule has 100 valence electrons. The number of nitrogens with one attached hydrogen (secondary N) is 1. The van der Waals surface area contributed by atoms with Gasteiger partial charge in [-0.1, -0.05) is 29.3 Å². The first kappa shape index (κ1) is 13.0. The Morgan fingerprint density at radius 1 is 0.950 bits per heavy atom. The maximum Gasteiger partial charge on any atom is 0.153 e. The smallest absolute Gasteiger partial charge is 0.153 e. The largest absolute Gasteiger partial charge is 0.382 e. The van der Waals surface area contributed by atoms with E-state index in [4.69, 9.17) is 28.9 Å². The average molecular weight is 305 g/mol. The van der Waals surface area contributed by atoms with Crippen molar-refractivity contribution in [1.82, 2.24) is 15.2 Å². The molecule has 0 bridgehead atoms. The first-order valence-corrected chi connectivity index (χ1v) is 6.62. The molecule has 3 rings (SSSR count). The van der Waals surface area contributed by atoms with Crippen molar-refractivity contribution in [1.29, 1.82) is 0 Å². The van der Waals surface area contributed by atoms with Gasteiger partial charge in [0.05, 0.1) is 21.3 Å². The quantitative estimate of drug-likeness (QED) is 0.751. The first-order chi connectivity index (χ1) is 9.68. The third-order valence-corrected chi connectivity index (χ3v) is 3.61. The Morgan fingerprint density at radius 2 is 1.60 bits per heavy atom. The number of aromatic amines is 1. The Kier molecular flexibility index (Phi) is 3.34. The van der Waals surface area contributed by atoms with Gasteiger partial charge in [0, 0.05) is 18.0 Å². The molecule has 20 heavy (non-hydrogen) atoms. The van der Waals surface area contributed by atoms with Crippen molar-refractivity contribution in [3.05, 3.63) is 52.8 Å². The zero-order chi connectivity index (χ0) is 14.1. The van der Waals surface area contributed by atoms with Gasteiger partial charge in [0.25, 0.3) is 0 Å². The molecule has 0 unspecified atom stereocenters. The number of rotatable bonds is 2. The van der Waals surface area contributed by atoms with Crippen molar-refractivity contribution >= 4 is 29.0 Å². The van der Waals surface area contributed by atoms with E-state index in [9.17, 15) is 0 Å². The summed E-state index contributed by atoms with van der Waals surface area (Å²) in [7, 11) is 0. The van der Waals surface area contributed by atoms with Gasteiger partial charge >= 0.3 is 0 Å². The number of hydrogen-bond acceptors (Lipinski definition) is 3. The van der Waals surface area contributed by atoms with E-state index < -0.39 is 0 Å². The molecule has 3 N–H and O–H groups in total. The molecule has 0 atom stereocenters. The van der Waals surface area contributed by atoms with E-state index in [2.05, 4.69) is 15.2 Å². The third kappa shape index (κ3) is 2.13. The Bertz CT molecular complexity index is 733. The molecule has 6 heteroatoms.